The lowest BCUT2D eigenvalue weighted by Gasteiger charge is -2.39. The SMILES string of the molecule is CC(=O)C1CC(=CC[NH+]2c3cc(OC4OC(COC(=O)C=Cc5ccc(O)cc5)C(O)C(O)C4O)c(O)cc3CC2C(=O)[O-])C=C(C(=O)O)N1. The lowest BCUT2D eigenvalue weighted by molar-refractivity contribution is -0.840. The van der Waals surface area contributed by atoms with Crippen LogP contribution in [-0.4, -0.2) is 110 Å². The number of phenols is 2. The molecule has 3 aliphatic heterocycles. The molecule has 0 radical (unpaired) electrons. The van der Waals surface area contributed by atoms with Crippen LogP contribution < -0.4 is 20.1 Å². The number of quaternary nitrogens is 1. The van der Waals surface area contributed by atoms with Gasteiger partial charge < -0.3 is 60.1 Å². The zero-order valence-electron chi connectivity index (χ0n) is 26.6. The van der Waals surface area contributed by atoms with Gasteiger partial charge in [0.2, 0.25) is 6.29 Å². The molecule has 5 rings (SSSR count). The Balaban J connectivity index is 1.32. The largest absolute Gasteiger partial charge is 0.544 e. The number of hydrogen-bond donors (Lipinski definition) is 8. The van der Waals surface area contributed by atoms with Crippen molar-refractivity contribution in [2.24, 2.45) is 0 Å². The molecule has 0 bridgehead atoms. The molecule has 0 spiro atoms. The number of esters is 1. The first kappa shape index (κ1) is 36.0. The molecule has 3 aliphatic rings. The van der Waals surface area contributed by atoms with E-state index < -0.39 is 73.1 Å². The molecule has 0 saturated carbocycles. The molecule has 8 N–H and O–H groups in total. The first-order valence-electron chi connectivity index (χ1n) is 15.6. The molecular weight excluding hydrogens is 660 g/mol. The van der Waals surface area contributed by atoms with Gasteiger partial charge >= 0.3 is 11.9 Å². The Hall–Kier alpha value is -5.26. The van der Waals surface area contributed by atoms with Gasteiger partial charge in [-0.3, -0.25) is 9.69 Å². The summed E-state index contributed by atoms with van der Waals surface area (Å²) in [5, 5.41) is 76.1. The number of benzene rings is 2. The van der Waals surface area contributed by atoms with E-state index in [0.717, 1.165) is 6.08 Å². The number of aliphatic carboxylic acids is 2. The second kappa shape index (κ2) is 15.1. The van der Waals surface area contributed by atoms with Crippen molar-refractivity contribution in [2.45, 2.75) is 62.6 Å². The number of fused-ring (bicyclic) bond motifs is 1. The fraction of sp³-hybridized carbons (Fsp3) is 0.353. The lowest BCUT2D eigenvalue weighted by atomic mass is 9.97. The number of phenolic OH excluding ortho intramolecular Hbond substituents is 2. The zero-order chi connectivity index (χ0) is 36.3. The smallest absolute Gasteiger partial charge is 0.351 e. The molecule has 16 heteroatoms. The molecule has 8 atom stereocenters. The van der Waals surface area contributed by atoms with E-state index in [2.05, 4.69) is 5.32 Å². The number of ether oxygens (including phenoxy) is 3. The Morgan fingerprint density at radius 2 is 1.76 bits per heavy atom. The summed E-state index contributed by atoms with van der Waals surface area (Å²) >= 11 is 0. The van der Waals surface area contributed by atoms with Crippen molar-refractivity contribution in [1.82, 2.24) is 5.32 Å². The second-order valence-electron chi connectivity index (χ2n) is 12.1. The molecule has 3 heterocycles. The number of aliphatic hydroxyl groups excluding tert-OH is 3. The van der Waals surface area contributed by atoms with E-state index in [9.17, 15) is 54.9 Å². The number of carbonyl (C=O) groups is 4. The van der Waals surface area contributed by atoms with E-state index in [4.69, 9.17) is 14.2 Å². The van der Waals surface area contributed by atoms with Gasteiger partial charge in [-0.1, -0.05) is 12.1 Å². The van der Waals surface area contributed by atoms with E-state index in [1.54, 1.807) is 18.2 Å². The number of hydrogen-bond acceptors (Lipinski definition) is 14. The summed E-state index contributed by atoms with van der Waals surface area (Å²) < 4.78 is 16.5. The van der Waals surface area contributed by atoms with Crippen molar-refractivity contribution in [3.8, 4) is 17.2 Å². The van der Waals surface area contributed by atoms with Gasteiger partial charge in [0.05, 0.1) is 6.04 Å². The zero-order valence-corrected chi connectivity index (χ0v) is 26.6. The number of carboxylic acid groups (broad SMARTS) is 2. The number of aromatic hydroxyl groups is 2. The predicted molar refractivity (Wildman–Crippen MR) is 168 cm³/mol. The predicted octanol–water partition coefficient (Wildman–Crippen LogP) is -2.42. The second-order valence-corrected chi connectivity index (χ2v) is 12.1. The molecule has 1 fully saturated rings. The quantitative estimate of drug-likeness (QED) is 0.0691. The molecule has 266 valence electrons. The first-order valence-corrected chi connectivity index (χ1v) is 15.6. The third-order valence-corrected chi connectivity index (χ3v) is 8.67. The topological polar surface area (TPSA) is 257 Å². The number of nitrogens with one attached hydrogen (secondary N) is 2. The van der Waals surface area contributed by atoms with Crippen LogP contribution in [0.15, 0.2) is 65.9 Å². The maximum atomic E-state index is 12.3. The van der Waals surface area contributed by atoms with Gasteiger partial charge in [-0.25, -0.2) is 9.59 Å². The molecule has 2 aromatic carbocycles. The molecule has 0 amide bonds. The highest BCUT2D eigenvalue weighted by molar-refractivity contribution is 5.90. The summed E-state index contributed by atoms with van der Waals surface area (Å²) in [6.45, 7) is 0.779. The number of ketones is 1. The van der Waals surface area contributed by atoms with Crippen LogP contribution in [0.1, 0.15) is 24.5 Å². The molecule has 16 nitrogen and oxygen atoms in total. The molecule has 50 heavy (non-hydrogen) atoms. The molecular formula is C34H36N2O14. The standard InChI is InChI=1S/C34H36N2O14/c1-16(37)21-10-18(11-22(35-21)32(44)45)8-9-36-23-14-26(25(39)13-19(23)12-24(36)33(46)47)49-34-31(43)30(42)29(41)27(50-34)15-48-28(40)7-4-17-2-5-20(38)6-3-17/h2-8,11,13-14,21,24,27,29-31,34-35,38-39,41-43H,9-10,12,15H2,1H3,(H,44,45)(H,46,47). The molecule has 2 aromatic rings. The van der Waals surface area contributed by atoms with Gasteiger partial charge in [0.1, 0.15) is 66.7 Å². The minimum absolute atomic E-state index is 0.0152. The number of carboxylic acids is 2. The highest BCUT2D eigenvalue weighted by atomic mass is 16.7. The number of allylic oxidation sites excluding steroid dienone is 1. The highest BCUT2D eigenvalue weighted by Gasteiger charge is 2.46. The normalized spacial score (nSPS) is 28.4. The number of Topliss-reactive ketones (excluding diaryl/α,β-unsaturated/α-hetero) is 1. The summed E-state index contributed by atoms with van der Waals surface area (Å²) in [5.74, 6) is -4.42. The van der Waals surface area contributed by atoms with Gasteiger partial charge in [-0.05, 0) is 60.9 Å². The summed E-state index contributed by atoms with van der Waals surface area (Å²) in [6.07, 6.45) is -2.75. The lowest BCUT2D eigenvalue weighted by Crippen LogP contribution is -3.11. The van der Waals surface area contributed by atoms with Crippen LogP contribution in [0.4, 0.5) is 5.69 Å². The van der Waals surface area contributed by atoms with Crippen molar-refractivity contribution in [2.75, 3.05) is 13.2 Å². The Morgan fingerprint density at radius 3 is 2.42 bits per heavy atom. The third kappa shape index (κ3) is 8.12. The summed E-state index contributed by atoms with van der Waals surface area (Å²) in [4.78, 5) is 48.4. The number of rotatable bonds is 11. The minimum atomic E-state index is -1.83. The molecule has 1 saturated heterocycles. The van der Waals surface area contributed by atoms with Crippen LogP contribution in [0.3, 0.4) is 0 Å². The van der Waals surface area contributed by atoms with Crippen molar-refractivity contribution in [3.63, 3.8) is 0 Å². The highest BCUT2D eigenvalue weighted by Crippen LogP contribution is 2.36. The summed E-state index contributed by atoms with van der Waals surface area (Å²) in [7, 11) is 0. The van der Waals surface area contributed by atoms with E-state index in [1.165, 1.54) is 43.3 Å². The molecule has 8 unspecified atom stereocenters. The van der Waals surface area contributed by atoms with Crippen LogP contribution in [0.2, 0.25) is 0 Å². The summed E-state index contributed by atoms with van der Waals surface area (Å²) in [5.41, 5.74) is 1.71. The van der Waals surface area contributed by atoms with E-state index in [-0.39, 0.29) is 42.4 Å². The monoisotopic (exact) mass is 696 g/mol. The van der Waals surface area contributed by atoms with Crippen LogP contribution in [-0.2, 0) is 35.1 Å². The third-order valence-electron chi connectivity index (χ3n) is 8.67. The van der Waals surface area contributed by atoms with E-state index in [1.807, 2.05) is 0 Å². The maximum absolute atomic E-state index is 12.3. The van der Waals surface area contributed by atoms with Gasteiger partial charge in [0, 0.05) is 24.1 Å². The van der Waals surface area contributed by atoms with Gasteiger partial charge in [0.15, 0.2) is 17.3 Å². The van der Waals surface area contributed by atoms with Crippen LogP contribution in [0.5, 0.6) is 17.2 Å². The van der Waals surface area contributed by atoms with Gasteiger partial charge in [-0.15, -0.1) is 0 Å². The van der Waals surface area contributed by atoms with Crippen molar-refractivity contribution >= 4 is 35.5 Å². The number of aliphatic hydroxyl groups is 3. The van der Waals surface area contributed by atoms with Gasteiger partial charge in [-0.2, -0.15) is 0 Å². The Morgan fingerprint density at radius 1 is 1.04 bits per heavy atom. The van der Waals surface area contributed by atoms with Crippen molar-refractivity contribution < 1.29 is 74.0 Å². The summed E-state index contributed by atoms with van der Waals surface area (Å²) in [6, 6.07) is 6.70. The fourth-order valence-corrected chi connectivity index (χ4v) is 5.93. The van der Waals surface area contributed by atoms with E-state index in [0.29, 0.717) is 27.3 Å². The van der Waals surface area contributed by atoms with Crippen molar-refractivity contribution in [1.29, 1.82) is 0 Å². The molecule has 0 aromatic heterocycles. The van der Waals surface area contributed by atoms with Crippen LogP contribution >= 0.6 is 0 Å². The fourth-order valence-electron chi connectivity index (χ4n) is 5.93. The number of carbonyl (C=O) groups excluding carboxylic acids is 3. The average molecular weight is 697 g/mol. The average Bonchev–Trinajstić information content (AvgIpc) is 3.43. The van der Waals surface area contributed by atoms with Gasteiger partial charge in [0.25, 0.3) is 0 Å². The first-order chi connectivity index (χ1) is 23.7. The van der Waals surface area contributed by atoms with Crippen LogP contribution in [0, 0.1) is 0 Å². The maximum Gasteiger partial charge on any atom is 0.351 e. The van der Waals surface area contributed by atoms with Crippen molar-refractivity contribution in [3.05, 3.63) is 77.0 Å². The van der Waals surface area contributed by atoms with E-state index >= 15 is 0 Å². The Kier molecular flexibility index (Phi) is 10.9. The minimum Gasteiger partial charge on any atom is -0.544 e. The molecule has 0 aliphatic carbocycles. The van der Waals surface area contributed by atoms with Crippen LogP contribution in [0.25, 0.3) is 6.08 Å². The Bertz CT molecular complexity index is 1740. The Labute approximate surface area is 284 Å².